The van der Waals surface area contributed by atoms with Gasteiger partial charge in [-0.05, 0) is 52.9 Å². The minimum atomic E-state index is -0.243. The zero-order chi connectivity index (χ0) is 14.5. The number of nitrogens with two attached hydrogens (primary N) is 1. The van der Waals surface area contributed by atoms with Crippen molar-refractivity contribution >= 4 is 51.5 Å². The molecule has 104 valence electrons. The number of carbonyl (C=O) groups excluding carboxylic acids is 1. The molecule has 0 aliphatic rings. The molecular formula is C14H12ClIN2O2. The summed E-state index contributed by atoms with van der Waals surface area (Å²) in [4.78, 5) is 11.8. The summed E-state index contributed by atoms with van der Waals surface area (Å²) in [6.07, 6.45) is 0. The molecule has 0 spiro atoms. The van der Waals surface area contributed by atoms with Crippen molar-refractivity contribution in [3.63, 3.8) is 0 Å². The third kappa shape index (κ3) is 4.28. The number of amides is 1. The Morgan fingerprint density at radius 1 is 1.30 bits per heavy atom. The van der Waals surface area contributed by atoms with Crippen molar-refractivity contribution in [1.82, 2.24) is 0 Å². The number of carbonyl (C=O) groups is 1. The van der Waals surface area contributed by atoms with Crippen molar-refractivity contribution in [3.8, 4) is 5.75 Å². The van der Waals surface area contributed by atoms with Crippen LogP contribution < -0.4 is 15.8 Å². The number of nitrogen functional groups attached to an aromatic ring is 1. The second-order valence-corrected chi connectivity index (χ2v) is 5.63. The fourth-order valence-corrected chi connectivity index (χ4v) is 2.54. The van der Waals surface area contributed by atoms with Crippen molar-refractivity contribution in [1.29, 1.82) is 0 Å². The van der Waals surface area contributed by atoms with E-state index in [1.54, 1.807) is 42.5 Å². The fraction of sp³-hybridized carbons (Fsp3) is 0.0714. The van der Waals surface area contributed by atoms with Gasteiger partial charge in [-0.1, -0.05) is 17.7 Å². The van der Waals surface area contributed by atoms with Crippen LogP contribution in [0.2, 0.25) is 5.02 Å². The molecule has 3 N–H and O–H groups in total. The Hall–Kier alpha value is -1.47. The van der Waals surface area contributed by atoms with Crippen molar-refractivity contribution in [3.05, 3.63) is 51.1 Å². The van der Waals surface area contributed by atoms with Gasteiger partial charge in [0.1, 0.15) is 5.75 Å². The van der Waals surface area contributed by atoms with Crippen LogP contribution in [0.4, 0.5) is 11.4 Å². The Morgan fingerprint density at radius 2 is 2.10 bits per heavy atom. The summed E-state index contributed by atoms with van der Waals surface area (Å²) in [7, 11) is 0. The highest BCUT2D eigenvalue weighted by atomic mass is 127. The van der Waals surface area contributed by atoms with Crippen LogP contribution in [-0.2, 0) is 4.79 Å². The van der Waals surface area contributed by atoms with Gasteiger partial charge in [-0.15, -0.1) is 0 Å². The Kier molecular flexibility index (Phi) is 5.08. The van der Waals surface area contributed by atoms with E-state index in [-0.39, 0.29) is 12.5 Å². The average Bonchev–Trinajstić information content (AvgIpc) is 2.40. The summed E-state index contributed by atoms with van der Waals surface area (Å²) in [5.41, 5.74) is 6.93. The minimum Gasteiger partial charge on any atom is -0.484 e. The van der Waals surface area contributed by atoms with Crippen LogP contribution in [0.15, 0.2) is 42.5 Å². The highest BCUT2D eigenvalue weighted by Crippen LogP contribution is 2.22. The molecule has 20 heavy (non-hydrogen) atoms. The maximum atomic E-state index is 11.8. The first-order chi connectivity index (χ1) is 9.54. The van der Waals surface area contributed by atoms with Gasteiger partial charge in [0.15, 0.2) is 6.61 Å². The Balaban J connectivity index is 1.92. The van der Waals surface area contributed by atoms with Crippen LogP contribution in [0.5, 0.6) is 5.75 Å². The van der Waals surface area contributed by atoms with Crippen molar-refractivity contribution in [2.24, 2.45) is 0 Å². The average molecular weight is 403 g/mol. The maximum Gasteiger partial charge on any atom is 0.262 e. The minimum absolute atomic E-state index is 0.0812. The first-order valence-corrected chi connectivity index (χ1v) is 7.23. The number of benzene rings is 2. The third-order valence-corrected chi connectivity index (χ3v) is 3.56. The molecule has 2 rings (SSSR count). The molecule has 2 aromatic rings. The van der Waals surface area contributed by atoms with E-state index >= 15 is 0 Å². The lowest BCUT2D eigenvalue weighted by molar-refractivity contribution is -0.118. The highest BCUT2D eigenvalue weighted by molar-refractivity contribution is 14.1. The van der Waals surface area contributed by atoms with Crippen molar-refractivity contribution < 1.29 is 9.53 Å². The van der Waals surface area contributed by atoms with Crippen molar-refractivity contribution in [2.45, 2.75) is 0 Å². The van der Waals surface area contributed by atoms with Gasteiger partial charge < -0.3 is 15.8 Å². The monoisotopic (exact) mass is 402 g/mol. The molecule has 0 fully saturated rings. The van der Waals surface area contributed by atoms with Crippen LogP contribution in [0.25, 0.3) is 0 Å². The number of hydrogen-bond donors (Lipinski definition) is 2. The molecule has 0 saturated carbocycles. The summed E-state index contributed by atoms with van der Waals surface area (Å²) in [6, 6.07) is 12.2. The topological polar surface area (TPSA) is 64.3 Å². The van der Waals surface area contributed by atoms with Crippen LogP contribution >= 0.6 is 34.2 Å². The standard InChI is InChI=1S/C14H12ClIN2O2/c15-9-4-5-13(12(16)6-9)18-14(19)8-20-11-3-1-2-10(17)7-11/h1-7H,8,17H2,(H,18,19). The third-order valence-electron chi connectivity index (χ3n) is 2.43. The van der Waals surface area contributed by atoms with E-state index in [1.165, 1.54) is 0 Å². The van der Waals surface area contributed by atoms with Crippen LogP contribution in [0.3, 0.4) is 0 Å². The molecule has 0 aliphatic carbocycles. The van der Waals surface area contributed by atoms with E-state index in [4.69, 9.17) is 22.1 Å². The SMILES string of the molecule is Nc1cccc(OCC(=O)Nc2ccc(Cl)cc2I)c1. The first kappa shape index (κ1) is 14.9. The first-order valence-electron chi connectivity index (χ1n) is 5.78. The largest absolute Gasteiger partial charge is 0.484 e. The summed E-state index contributed by atoms with van der Waals surface area (Å²) >= 11 is 7.96. The molecule has 4 nitrogen and oxygen atoms in total. The lowest BCUT2D eigenvalue weighted by atomic mass is 10.3. The number of nitrogens with one attached hydrogen (secondary N) is 1. The molecule has 0 saturated heterocycles. The normalized spacial score (nSPS) is 10.1. The molecule has 0 heterocycles. The smallest absolute Gasteiger partial charge is 0.262 e. The molecule has 6 heteroatoms. The summed E-state index contributed by atoms with van der Waals surface area (Å²) < 4.78 is 6.23. The van der Waals surface area contributed by atoms with Crippen LogP contribution in [0.1, 0.15) is 0 Å². The molecule has 0 aromatic heterocycles. The Bertz CT molecular complexity index is 634. The molecule has 0 radical (unpaired) electrons. The second-order valence-electron chi connectivity index (χ2n) is 4.03. The maximum absolute atomic E-state index is 11.8. The van der Waals surface area contributed by atoms with Gasteiger partial charge in [-0.25, -0.2) is 0 Å². The predicted octanol–water partition coefficient (Wildman–Crippen LogP) is 3.54. The Morgan fingerprint density at radius 3 is 2.80 bits per heavy atom. The highest BCUT2D eigenvalue weighted by Gasteiger charge is 2.07. The number of rotatable bonds is 4. The summed E-state index contributed by atoms with van der Waals surface area (Å²) in [5, 5.41) is 3.39. The molecule has 0 aliphatic heterocycles. The zero-order valence-corrected chi connectivity index (χ0v) is 13.3. The van der Waals surface area contributed by atoms with Crippen LogP contribution in [0, 0.1) is 3.57 Å². The van der Waals surface area contributed by atoms with Gasteiger partial charge in [0.05, 0.1) is 5.69 Å². The second kappa shape index (κ2) is 6.81. The Labute approximate surface area is 135 Å². The molecule has 0 bridgehead atoms. The van der Waals surface area contributed by atoms with E-state index in [9.17, 15) is 4.79 Å². The zero-order valence-electron chi connectivity index (χ0n) is 10.4. The summed E-state index contributed by atoms with van der Waals surface area (Å²) in [5.74, 6) is 0.318. The van der Waals surface area contributed by atoms with E-state index in [2.05, 4.69) is 27.9 Å². The van der Waals surface area contributed by atoms with Gasteiger partial charge in [0.2, 0.25) is 0 Å². The van der Waals surface area contributed by atoms with Crippen LogP contribution in [-0.4, -0.2) is 12.5 Å². The summed E-state index contributed by atoms with van der Waals surface area (Å²) in [6.45, 7) is -0.0812. The lowest BCUT2D eigenvalue weighted by Gasteiger charge is -2.09. The van der Waals surface area contributed by atoms with E-state index < -0.39 is 0 Å². The quantitative estimate of drug-likeness (QED) is 0.607. The number of anilines is 2. The fourth-order valence-electron chi connectivity index (χ4n) is 1.53. The van der Waals surface area contributed by atoms with E-state index in [0.717, 1.165) is 3.57 Å². The van der Waals surface area contributed by atoms with Gasteiger partial charge in [-0.3, -0.25) is 4.79 Å². The molecular weight excluding hydrogens is 391 g/mol. The number of halogens is 2. The van der Waals surface area contributed by atoms with E-state index in [1.807, 2.05) is 0 Å². The number of ether oxygens (including phenoxy) is 1. The number of hydrogen-bond acceptors (Lipinski definition) is 3. The van der Waals surface area contributed by atoms with Gasteiger partial charge in [0.25, 0.3) is 5.91 Å². The molecule has 0 atom stereocenters. The predicted molar refractivity (Wildman–Crippen MR) is 89.1 cm³/mol. The van der Waals surface area contributed by atoms with Gasteiger partial charge >= 0.3 is 0 Å². The molecule has 1 amide bonds. The van der Waals surface area contributed by atoms with E-state index in [0.29, 0.717) is 22.1 Å². The van der Waals surface area contributed by atoms with Gasteiger partial charge in [0, 0.05) is 20.3 Å². The van der Waals surface area contributed by atoms with Gasteiger partial charge in [-0.2, -0.15) is 0 Å². The lowest BCUT2D eigenvalue weighted by Crippen LogP contribution is -2.20. The molecule has 0 unspecified atom stereocenters. The molecule has 2 aromatic carbocycles. The van der Waals surface area contributed by atoms with Crippen molar-refractivity contribution in [2.75, 3.05) is 17.7 Å².